The van der Waals surface area contributed by atoms with Crippen LogP contribution in [0.15, 0.2) is 48.5 Å². The van der Waals surface area contributed by atoms with Gasteiger partial charge in [-0.1, -0.05) is 12.1 Å². The standard InChI is InChI=1S/C18H18FN3O3S/c1-26(24,25)22(13-15-2-6-16(19)7-3-15)11-10-18(23)21-17-8-4-14(12-20)5-9-17/h2-9H,10-11,13H2,1H3,(H,21,23). The lowest BCUT2D eigenvalue weighted by molar-refractivity contribution is -0.116. The molecule has 8 heteroatoms. The first-order valence-electron chi connectivity index (χ1n) is 7.77. The molecule has 0 saturated heterocycles. The number of amides is 1. The van der Waals surface area contributed by atoms with Gasteiger partial charge in [0.25, 0.3) is 0 Å². The summed E-state index contributed by atoms with van der Waals surface area (Å²) in [6.45, 7) is 0.0571. The molecule has 0 bridgehead atoms. The minimum Gasteiger partial charge on any atom is -0.326 e. The van der Waals surface area contributed by atoms with Crippen molar-refractivity contribution in [2.24, 2.45) is 0 Å². The molecule has 6 nitrogen and oxygen atoms in total. The molecule has 0 radical (unpaired) electrons. The van der Waals surface area contributed by atoms with E-state index in [1.165, 1.54) is 28.6 Å². The number of nitrogens with one attached hydrogen (secondary N) is 1. The van der Waals surface area contributed by atoms with E-state index < -0.39 is 15.8 Å². The van der Waals surface area contributed by atoms with E-state index in [4.69, 9.17) is 5.26 Å². The molecule has 2 rings (SSSR count). The van der Waals surface area contributed by atoms with E-state index in [9.17, 15) is 17.6 Å². The van der Waals surface area contributed by atoms with Crippen molar-refractivity contribution in [2.45, 2.75) is 13.0 Å². The number of carbonyl (C=O) groups is 1. The highest BCUT2D eigenvalue weighted by atomic mass is 32.2. The van der Waals surface area contributed by atoms with Crippen LogP contribution in [-0.4, -0.2) is 31.4 Å². The number of halogens is 1. The number of carbonyl (C=O) groups excluding carboxylic acids is 1. The van der Waals surface area contributed by atoms with E-state index in [2.05, 4.69) is 5.32 Å². The van der Waals surface area contributed by atoms with Gasteiger partial charge in [-0.3, -0.25) is 4.79 Å². The number of anilines is 1. The van der Waals surface area contributed by atoms with Gasteiger partial charge in [0.15, 0.2) is 0 Å². The summed E-state index contributed by atoms with van der Waals surface area (Å²) < 4.78 is 38.0. The quantitative estimate of drug-likeness (QED) is 0.805. The van der Waals surface area contributed by atoms with Gasteiger partial charge < -0.3 is 5.32 Å². The molecule has 0 aromatic heterocycles. The van der Waals surface area contributed by atoms with Crippen LogP contribution in [0, 0.1) is 17.1 Å². The summed E-state index contributed by atoms with van der Waals surface area (Å²) in [7, 11) is -3.53. The molecule has 0 aliphatic rings. The van der Waals surface area contributed by atoms with E-state index in [0.717, 1.165) is 6.26 Å². The topological polar surface area (TPSA) is 90.3 Å². The average molecular weight is 375 g/mol. The summed E-state index contributed by atoms with van der Waals surface area (Å²) in [5, 5.41) is 11.4. The highest BCUT2D eigenvalue weighted by molar-refractivity contribution is 7.88. The van der Waals surface area contributed by atoms with E-state index in [1.807, 2.05) is 6.07 Å². The van der Waals surface area contributed by atoms with Crippen LogP contribution < -0.4 is 5.32 Å². The van der Waals surface area contributed by atoms with Crippen molar-refractivity contribution in [3.63, 3.8) is 0 Å². The van der Waals surface area contributed by atoms with E-state index in [1.54, 1.807) is 24.3 Å². The third kappa shape index (κ3) is 5.95. The summed E-state index contributed by atoms with van der Waals surface area (Å²) in [4.78, 5) is 12.0. The highest BCUT2D eigenvalue weighted by Crippen LogP contribution is 2.12. The number of nitriles is 1. The predicted octanol–water partition coefficient (Wildman–Crippen LogP) is 2.49. The number of nitrogens with zero attached hydrogens (tertiary/aromatic N) is 2. The lowest BCUT2D eigenvalue weighted by Gasteiger charge is -2.20. The van der Waals surface area contributed by atoms with Crippen LogP contribution in [0.2, 0.25) is 0 Å². The van der Waals surface area contributed by atoms with Gasteiger partial charge in [-0.25, -0.2) is 12.8 Å². The van der Waals surface area contributed by atoms with Gasteiger partial charge in [0.05, 0.1) is 17.9 Å². The van der Waals surface area contributed by atoms with Gasteiger partial charge >= 0.3 is 0 Å². The zero-order valence-electron chi connectivity index (χ0n) is 14.1. The zero-order chi connectivity index (χ0) is 19.2. The van der Waals surface area contributed by atoms with Crippen molar-refractivity contribution in [1.29, 1.82) is 5.26 Å². The molecule has 0 heterocycles. The Morgan fingerprint density at radius 2 is 1.77 bits per heavy atom. The van der Waals surface area contributed by atoms with E-state index in [-0.39, 0.29) is 25.4 Å². The van der Waals surface area contributed by atoms with Crippen molar-refractivity contribution in [3.05, 3.63) is 65.5 Å². The average Bonchev–Trinajstić information content (AvgIpc) is 2.60. The molecule has 0 saturated carbocycles. The van der Waals surface area contributed by atoms with Crippen LogP contribution in [-0.2, 0) is 21.4 Å². The molecule has 0 aliphatic carbocycles. The number of hydrogen-bond acceptors (Lipinski definition) is 4. The maximum Gasteiger partial charge on any atom is 0.225 e. The first kappa shape index (κ1) is 19.6. The lowest BCUT2D eigenvalue weighted by atomic mass is 10.2. The molecular formula is C18H18FN3O3S. The zero-order valence-corrected chi connectivity index (χ0v) is 15.0. The fraction of sp³-hybridized carbons (Fsp3) is 0.222. The molecule has 0 fully saturated rings. The van der Waals surface area contributed by atoms with Crippen LogP contribution in [0.4, 0.5) is 10.1 Å². The molecule has 0 atom stereocenters. The van der Waals surface area contributed by atoms with Gasteiger partial charge in [0.2, 0.25) is 15.9 Å². The van der Waals surface area contributed by atoms with Gasteiger partial charge in [0.1, 0.15) is 5.82 Å². The summed E-state index contributed by atoms with van der Waals surface area (Å²) in [5.74, 6) is -0.746. The Kier molecular flexibility index (Phi) is 6.44. The Hall–Kier alpha value is -2.76. The smallest absolute Gasteiger partial charge is 0.225 e. The Bertz CT molecular complexity index is 904. The lowest BCUT2D eigenvalue weighted by Crippen LogP contribution is -2.32. The largest absolute Gasteiger partial charge is 0.326 e. The summed E-state index contributed by atoms with van der Waals surface area (Å²) in [5.41, 5.74) is 1.63. The Morgan fingerprint density at radius 1 is 1.15 bits per heavy atom. The molecule has 1 N–H and O–H groups in total. The third-order valence-corrected chi connectivity index (χ3v) is 4.88. The van der Waals surface area contributed by atoms with Crippen LogP contribution in [0.1, 0.15) is 17.5 Å². The SMILES string of the molecule is CS(=O)(=O)N(CCC(=O)Nc1ccc(C#N)cc1)Cc1ccc(F)cc1. The van der Waals surface area contributed by atoms with E-state index in [0.29, 0.717) is 16.8 Å². The molecule has 26 heavy (non-hydrogen) atoms. The maximum atomic E-state index is 13.0. The van der Waals surface area contributed by atoms with Crippen LogP contribution in [0.25, 0.3) is 0 Å². The maximum absolute atomic E-state index is 13.0. The molecule has 0 aliphatic heterocycles. The minimum absolute atomic E-state index is 0.00166. The molecule has 0 spiro atoms. The van der Waals surface area contributed by atoms with Crippen molar-refractivity contribution < 1.29 is 17.6 Å². The van der Waals surface area contributed by atoms with Crippen LogP contribution in [0.5, 0.6) is 0 Å². The van der Waals surface area contributed by atoms with Crippen molar-refractivity contribution in [2.75, 3.05) is 18.1 Å². The van der Waals surface area contributed by atoms with Gasteiger partial charge in [-0.2, -0.15) is 9.57 Å². The van der Waals surface area contributed by atoms with E-state index >= 15 is 0 Å². The van der Waals surface area contributed by atoms with Gasteiger partial charge in [-0.05, 0) is 42.0 Å². The number of benzene rings is 2. The molecule has 136 valence electrons. The minimum atomic E-state index is -3.53. The second kappa shape index (κ2) is 8.56. The van der Waals surface area contributed by atoms with Crippen molar-refractivity contribution >= 4 is 21.6 Å². The first-order valence-corrected chi connectivity index (χ1v) is 9.62. The molecule has 2 aromatic rings. The fourth-order valence-corrected chi connectivity index (χ4v) is 3.04. The normalized spacial score (nSPS) is 11.2. The number of rotatable bonds is 7. The Morgan fingerprint density at radius 3 is 2.31 bits per heavy atom. The first-order chi connectivity index (χ1) is 12.3. The highest BCUT2D eigenvalue weighted by Gasteiger charge is 2.18. The summed E-state index contributed by atoms with van der Waals surface area (Å²) >= 11 is 0. The molecule has 1 amide bonds. The van der Waals surface area contributed by atoms with Crippen molar-refractivity contribution in [3.8, 4) is 6.07 Å². The fourth-order valence-electron chi connectivity index (χ4n) is 2.23. The molecule has 2 aromatic carbocycles. The Labute approximate surface area is 151 Å². The number of sulfonamides is 1. The molecule has 0 unspecified atom stereocenters. The predicted molar refractivity (Wildman–Crippen MR) is 96.1 cm³/mol. The molecular weight excluding hydrogens is 357 g/mol. The van der Waals surface area contributed by atoms with Crippen LogP contribution >= 0.6 is 0 Å². The summed E-state index contributed by atoms with van der Waals surface area (Å²) in [6.07, 6.45) is 1.03. The van der Waals surface area contributed by atoms with Crippen LogP contribution in [0.3, 0.4) is 0 Å². The monoisotopic (exact) mass is 375 g/mol. The summed E-state index contributed by atoms with van der Waals surface area (Å²) in [6, 6.07) is 13.9. The van der Waals surface area contributed by atoms with Gasteiger partial charge in [0, 0.05) is 25.2 Å². The second-order valence-corrected chi connectivity index (χ2v) is 7.69. The number of hydrogen-bond donors (Lipinski definition) is 1. The second-order valence-electron chi connectivity index (χ2n) is 5.71. The van der Waals surface area contributed by atoms with Crippen molar-refractivity contribution in [1.82, 2.24) is 4.31 Å². The third-order valence-electron chi connectivity index (χ3n) is 3.63. The van der Waals surface area contributed by atoms with Gasteiger partial charge in [-0.15, -0.1) is 0 Å². The Balaban J connectivity index is 1.96.